The molecule has 0 saturated heterocycles. The number of anilines is 1. The minimum atomic E-state index is -0.431. The summed E-state index contributed by atoms with van der Waals surface area (Å²) in [5.74, 6) is 0.436. The summed E-state index contributed by atoms with van der Waals surface area (Å²) in [6.07, 6.45) is 7.80. The lowest BCUT2D eigenvalue weighted by molar-refractivity contribution is 0.102. The maximum Gasteiger partial charge on any atom is 0.275 e. The molecule has 2 aromatic heterocycles. The Balaban J connectivity index is 1.77. The number of nitrogens with zero attached hydrogens (tertiary/aromatic N) is 4. The van der Waals surface area contributed by atoms with Gasteiger partial charge in [0.15, 0.2) is 10.9 Å². The molecular weight excluding hydrogens is 362 g/mol. The number of carbonyl (C=O) groups excluding carboxylic acids is 1. The van der Waals surface area contributed by atoms with E-state index in [0.29, 0.717) is 22.5 Å². The van der Waals surface area contributed by atoms with E-state index < -0.39 is 5.91 Å². The maximum atomic E-state index is 12.4. The van der Waals surface area contributed by atoms with Gasteiger partial charge in [-0.15, -0.1) is 0 Å². The molecule has 1 N–H and O–H groups in total. The average molecular weight is 374 g/mol. The third-order valence-corrected chi connectivity index (χ3v) is 3.81. The van der Waals surface area contributed by atoms with Gasteiger partial charge in [0.05, 0.1) is 17.4 Å². The molecule has 3 rings (SSSR count). The molecule has 0 unspecified atom stereocenters. The molecule has 25 heavy (non-hydrogen) atoms. The SMILES string of the molecule is CSc1ncc(Cl)c(C(=O)Nc2cccc(Oc3cnccn3)c2)n1. The zero-order valence-corrected chi connectivity index (χ0v) is 14.6. The zero-order chi connectivity index (χ0) is 17.6. The van der Waals surface area contributed by atoms with E-state index in [-0.39, 0.29) is 10.7 Å². The van der Waals surface area contributed by atoms with E-state index in [1.165, 1.54) is 30.4 Å². The summed E-state index contributed by atoms with van der Waals surface area (Å²) in [7, 11) is 0. The van der Waals surface area contributed by atoms with E-state index >= 15 is 0 Å². The van der Waals surface area contributed by atoms with Crippen LogP contribution in [-0.2, 0) is 0 Å². The first kappa shape index (κ1) is 17.1. The highest BCUT2D eigenvalue weighted by molar-refractivity contribution is 7.98. The largest absolute Gasteiger partial charge is 0.437 e. The topological polar surface area (TPSA) is 89.9 Å². The van der Waals surface area contributed by atoms with Crippen molar-refractivity contribution in [1.82, 2.24) is 19.9 Å². The molecule has 0 aliphatic heterocycles. The van der Waals surface area contributed by atoms with E-state index in [2.05, 4.69) is 25.3 Å². The van der Waals surface area contributed by atoms with Crippen molar-refractivity contribution >= 4 is 35.0 Å². The Morgan fingerprint density at radius 3 is 2.88 bits per heavy atom. The molecule has 1 aromatic carbocycles. The lowest BCUT2D eigenvalue weighted by Gasteiger charge is -2.09. The van der Waals surface area contributed by atoms with Crippen molar-refractivity contribution in [3.05, 3.63) is 59.8 Å². The average Bonchev–Trinajstić information content (AvgIpc) is 2.63. The first-order valence-corrected chi connectivity index (χ1v) is 8.68. The Kier molecular flexibility index (Phi) is 5.42. The van der Waals surface area contributed by atoms with Gasteiger partial charge < -0.3 is 10.1 Å². The standard InChI is InChI=1S/C16H12ClN5O2S/c1-25-16-20-8-12(17)14(22-16)15(23)21-10-3-2-4-11(7-10)24-13-9-18-5-6-19-13/h2-9H,1H3,(H,21,23). The van der Waals surface area contributed by atoms with Gasteiger partial charge in [-0.2, -0.15) is 0 Å². The predicted molar refractivity (Wildman–Crippen MR) is 95.3 cm³/mol. The molecule has 0 saturated carbocycles. The number of benzene rings is 1. The summed E-state index contributed by atoms with van der Waals surface area (Å²) in [4.78, 5) is 28.5. The van der Waals surface area contributed by atoms with Crippen LogP contribution >= 0.6 is 23.4 Å². The van der Waals surface area contributed by atoms with Crippen LogP contribution in [0.5, 0.6) is 11.6 Å². The van der Waals surface area contributed by atoms with Crippen LogP contribution in [0.25, 0.3) is 0 Å². The Morgan fingerprint density at radius 2 is 2.12 bits per heavy atom. The van der Waals surface area contributed by atoms with Gasteiger partial charge in [0, 0.05) is 24.1 Å². The van der Waals surface area contributed by atoms with Crippen LogP contribution in [0.3, 0.4) is 0 Å². The van der Waals surface area contributed by atoms with Gasteiger partial charge in [0.2, 0.25) is 5.88 Å². The van der Waals surface area contributed by atoms with Crippen molar-refractivity contribution in [3.8, 4) is 11.6 Å². The van der Waals surface area contributed by atoms with E-state index in [1.54, 1.807) is 30.5 Å². The Morgan fingerprint density at radius 1 is 1.24 bits per heavy atom. The molecule has 0 aliphatic carbocycles. The fourth-order valence-corrected chi connectivity index (χ4v) is 2.41. The highest BCUT2D eigenvalue weighted by atomic mass is 35.5. The second kappa shape index (κ2) is 7.91. The number of amides is 1. The Labute approximate surface area is 152 Å². The van der Waals surface area contributed by atoms with Crippen LogP contribution in [0, 0.1) is 0 Å². The predicted octanol–water partition coefficient (Wildman–Crippen LogP) is 3.69. The molecule has 0 bridgehead atoms. The minimum absolute atomic E-state index is 0.112. The fourth-order valence-electron chi connectivity index (χ4n) is 1.90. The number of nitrogens with one attached hydrogen (secondary N) is 1. The van der Waals surface area contributed by atoms with Crippen molar-refractivity contribution in [2.75, 3.05) is 11.6 Å². The van der Waals surface area contributed by atoms with Crippen LogP contribution in [0.1, 0.15) is 10.5 Å². The zero-order valence-electron chi connectivity index (χ0n) is 13.0. The number of ether oxygens (including phenoxy) is 1. The monoisotopic (exact) mass is 373 g/mol. The molecule has 0 spiro atoms. The molecule has 0 fully saturated rings. The van der Waals surface area contributed by atoms with Gasteiger partial charge in [-0.25, -0.2) is 15.0 Å². The summed E-state index contributed by atoms with van der Waals surface area (Å²) in [6.45, 7) is 0. The maximum absolute atomic E-state index is 12.4. The van der Waals surface area contributed by atoms with Gasteiger partial charge >= 0.3 is 0 Å². The summed E-state index contributed by atoms with van der Waals surface area (Å²) >= 11 is 7.34. The minimum Gasteiger partial charge on any atom is -0.437 e. The van der Waals surface area contributed by atoms with Crippen molar-refractivity contribution in [3.63, 3.8) is 0 Å². The van der Waals surface area contributed by atoms with E-state index in [0.717, 1.165) is 0 Å². The summed E-state index contributed by atoms with van der Waals surface area (Å²) in [6, 6.07) is 6.88. The van der Waals surface area contributed by atoms with Gasteiger partial charge in [-0.3, -0.25) is 9.78 Å². The third kappa shape index (κ3) is 4.43. The fraction of sp³-hybridized carbons (Fsp3) is 0.0625. The number of rotatable bonds is 5. The van der Waals surface area contributed by atoms with Crippen molar-refractivity contribution < 1.29 is 9.53 Å². The van der Waals surface area contributed by atoms with Gasteiger partial charge in [-0.1, -0.05) is 29.4 Å². The number of hydrogen-bond donors (Lipinski definition) is 1. The Bertz CT molecular complexity index is 895. The molecule has 7 nitrogen and oxygen atoms in total. The van der Waals surface area contributed by atoms with Crippen LogP contribution in [0.2, 0.25) is 5.02 Å². The van der Waals surface area contributed by atoms with E-state index in [4.69, 9.17) is 16.3 Å². The molecule has 126 valence electrons. The summed E-state index contributed by atoms with van der Waals surface area (Å²) in [5, 5.41) is 3.39. The highest BCUT2D eigenvalue weighted by Crippen LogP contribution is 2.23. The smallest absolute Gasteiger partial charge is 0.275 e. The third-order valence-electron chi connectivity index (χ3n) is 2.97. The lowest BCUT2D eigenvalue weighted by Crippen LogP contribution is -2.15. The normalized spacial score (nSPS) is 10.3. The van der Waals surface area contributed by atoms with Crippen LogP contribution in [0.4, 0.5) is 5.69 Å². The summed E-state index contributed by atoms with van der Waals surface area (Å²) in [5.41, 5.74) is 0.646. The van der Waals surface area contributed by atoms with E-state index in [1.807, 2.05) is 6.26 Å². The molecule has 2 heterocycles. The molecule has 9 heteroatoms. The van der Waals surface area contributed by atoms with Crippen molar-refractivity contribution in [2.24, 2.45) is 0 Å². The number of halogens is 1. The Hall–Kier alpha value is -2.71. The van der Waals surface area contributed by atoms with Crippen molar-refractivity contribution in [2.45, 2.75) is 5.16 Å². The second-order valence-electron chi connectivity index (χ2n) is 4.68. The first-order valence-electron chi connectivity index (χ1n) is 7.07. The van der Waals surface area contributed by atoms with E-state index in [9.17, 15) is 4.79 Å². The van der Waals surface area contributed by atoms with Crippen LogP contribution in [-0.4, -0.2) is 32.1 Å². The summed E-state index contributed by atoms with van der Waals surface area (Å²) < 4.78 is 5.59. The number of carbonyl (C=O) groups is 1. The number of aromatic nitrogens is 4. The van der Waals surface area contributed by atoms with Gasteiger partial charge in [-0.05, 0) is 18.4 Å². The van der Waals surface area contributed by atoms with Crippen LogP contribution < -0.4 is 10.1 Å². The highest BCUT2D eigenvalue weighted by Gasteiger charge is 2.14. The van der Waals surface area contributed by atoms with Crippen LogP contribution in [0.15, 0.2) is 54.2 Å². The molecular formula is C16H12ClN5O2S. The molecule has 0 aliphatic rings. The quantitative estimate of drug-likeness (QED) is 0.538. The molecule has 1 amide bonds. The molecule has 0 atom stereocenters. The first-order chi connectivity index (χ1) is 12.2. The number of thioether (sulfide) groups is 1. The lowest BCUT2D eigenvalue weighted by atomic mass is 10.3. The van der Waals surface area contributed by atoms with Gasteiger partial charge in [0.1, 0.15) is 5.75 Å². The molecule has 3 aromatic rings. The van der Waals surface area contributed by atoms with Crippen molar-refractivity contribution in [1.29, 1.82) is 0 Å². The van der Waals surface area contributed by atoms with Gasteiger partial charge in [0.25, 0.3) is 5.91 Å². The number of hydrogen-bond acceptors (Lipinski definition) is 7. The molecule has 0 radical (unpaired) electrons. The second-order valence-corrected chi connectivity index (χ2v) is 5.86.